The maximum Gasteiger partial charge on any atom is 0.264 e. The zero-order valence-electron chi connectivity index (χ0n) is 17.6. The molecule has 4 heterocycles. The molecule has 0 saturated heterocycles. The summed E-state index contributed by atoms with van der Waals surface area (Å²) >= 11 is 1.48. The number of amides is 1. The largest absolute Gasteiger partial charge is 0.354 e. The van der Waals surface area contributed by atoms with Crippen LogP contribution in [0.5, 0.6) is 0 Å². The minimum absolute atomic E-state index is 0.144. The molecule has 1 N–H and O–H groups in total. The molecule has 1 aliphatic heterocycles. The first-order valence-electron chi connectivity index (χ1n) is 10.5. The van der Waals surface area contributed by atoms with Gasteiger partial charge in [-0.3, -0.25) is 23.5 Å². The Balaban J connectivity index is 1.21. The Bertz CT molecular complexity index is 1430. The highest BCUT2D eigenvalue weighted by Gasteiger charge is 2.26. The first-order valence-corrected chi connectivity index (χ1v) is 11.5. The fourth-order valence-corrected chi connectivity index (χ4v) is 5.00. The van der Waals surface area contributed by atoms with E-state index >= 15 is 0 Å². The number of hydrogen-bond donors (Lipinski definition) is 1. The summed E-state index contributed by atoms with van der Waals surface area (Å²) in [5.41, 5.74) is 1.19. The third kappa shape index (κ3) is 4.31. The number of thioether (sulfide) groups is 1. The van der Waals surface area contributed by atoms with Gasteiger partial charge >= 0.3 is 0 Å². The van der Waals surface area contributed by atoms with Gasteiger partial charge in [-0.1, -0.05) is 42.1 Å². The Kier molecular flexibility index (Phi) is 5.78. The van der Waals surface area contributed by atoms with Gasteiger partial charge in [-0.05, 0) is 5.56 Å². The van der Waals surface area contributed by atoms with Gasteiger partial charge in [-0.2, -0.15) is 5.10 Å². The van der Waals surface area contributed by atoms with Crippen LogP contribution < -0.4 is 16.4 Å². The Morgan fingerprint density at radius 1 is 1.15 bits per heavy atom. The number of benzene rings is 1. The van der Waals surface area contributed by atoms with Gasteiger partial charge in [-0.25, -0.2) is 14.6 Å². The summed E-state index contributed by atoms with van der Waals surface area (Å²) in [6.07, 6.45) is 4.73. The van der Waals surface area contributed by atoms with Crippen molar-refractivity contribution in [1.82, 2.24) is 34.2 Å². The molecule has 0 bridgehead atoms. The van der Waals surface area contributed by atoms with Gasteiger partial charge in [-0.15, -0.1) is 0 Å². The van der Waals surface area contributed by atoms with Gasteiger partial charge in [0, 0.05) is 31.0 Å². The van der Waals surface area contributed by atoms with Crippen LogP contribution in [0.3, 0.4) is 0 Å². The van der Waals surface area contributed by atoms with Gasteiger partial charge < -0.3 is 5.32 Å². The average molecular weight is 464 g/mol. The van der Waals surface area contributed by atoms with Crippen molar-refractivity contribution in [1.29, 1.82) is 0 Å². The number of carbonyl (C=O) groups excluding carboxylic acids is 1. The Labute approximate surface area is 192 Å². The summed E-state index contributed by atoms with van der Waals surface area (Å²) in [4.78, 5) is 45.9. The maximum absolute atomic E-state index is 12.8. The van der Waals surface area contributed by atoms with Crippen LogP contribution in [0.4, 0.5) is 0 Å². The number of nitrogens with one attached hydrogen (secondary N) is 1. The van der Waals surface area contributed by atoms with Gasteiger partial charge in [0.1, 0.15) is 11.7 Å². The Hall–Kier alpha value is -3.73. The summed E-state index contributed by atoms with van der Waals surface area (Å²) in [6, 6.07) is 10.9. The summed E-state index contributed by atoms with van der Waals surface area (Å²) in [6.45, 7) is 1.14. The van der Waals surface area contributed by atoms with E-state index in [1.165, 1.54) is 36.5 Å². The van der Waals surface area contributed by atoms with Crippen molar-refractivity contribution >= 4 is 28.7 Å². The highest BCUT2D eigenvalue weighted by Crippen LogP contribution is 2.31. The average Bonchev–Trinajstić information content (AvgIpc) is 3.42. The van der Waals surface area contributed by atoms with E-state index in [1.54, 1.807) is 13.8 Å². The summed E-state index contributed by atoms with van der Waals surface area (Å²) in [7, 11) is 0. The smallest absolute Gasteiger partial charge is 0.264 e. The van der Waals surface area contributed by atoms with Crippen LogP contribution in [0.2, 0.25) is 0 Å². The molecule has 0 spiro atoms. The van der Waals surface area contributed by atoms with Gasteiger partial charge in [0.25, 0.3) is 11.1 Å². The number of carbonyl (C=O) groups is 1. The fourth-order valence-electron chi connectivity index (χ4n) is 3.88. The normalized spacial score (nSPS) is 15.0. The number of aromatic nitrogens is 6. The molecule has 0 radical (unpaired) electrons. The molecular formula is C22H21N7O3S. The molecule has 4 aromatic rings. The van der Waals surface area contributed by atoms with E-state index in [0.29, 0.717) is 41.6 Å². The molecule has 0 fully saturated rings. The first kappa shape index (κ1) is 21.1. The SMILES string of the molecule is O=C(CC1CSc2nccc(=O)n21)NCCn1ncc2c(=O)n(Cc3ccccc3)cnc21. The topological polar surface area (TPSA) is 117 Å². The predicted molar refractivity (Wildman–Crippen MR) is 123 cm³/mol. The zero-order valence-corrected chi connectivity index (χ0v) is 18.4. The van der Waals surface area contributed by atoms with Crippen molar-refractivity contribution in [2.45, 2.75) is 30.7 Å². The lowest BCUT2D eigenvalue weighted by Crippen LogP contribution is -2.32. The van der Waals surface area contributed by atoms with E-state index in [-0.39, 0.29) is 29.5 Å². The van der Waals surface area contributed by atoms with Crippen molar-refractivity contribution in [2.75, 3.05) is 12.3 Å². The summed E-state index contributed by atoms with van der Waals surface area (Å²) in [5.74, 6) is 0.488. The Morgan fingerprint density at radius 2 is 2.00 bits per heavy atom. The minimum atomic E-state index is -0.207. The van der Waals surface area contributed by atoms with Crippen LogP contribution in [-0.4, -0.2) is 47.1 Å². The summed E-state index contributed by atoms with van der Waals surface area (Å²) < 4.78 is 4.74. The number of fused-ring (bicyclic) bond motifs is 2. The predicted octanol–water partition coefficient (Wildman–Crippen LogP) is 1.05. The second-order valence-electron chi connectivity index (χ2n) is 7.72. The third-order valence-corrected chi connectivity index (χ3v) is 6.61. The van der Waals surface area contributed by atoms with Crippen LogP contribution in [0, 0.1) is 0 Å². The Morgan fingerprint density at radius 3 is 2.85 bits per heavy atom. The number of rotatable bonds is 7. The molecule has 1 unspecified atom stereocenters. The van der Waals surface area contributed by atoms with Crippen molar-refractivity contribution in [3.8, 4) is 0 Å². The van der Waals surface area contributed by atoms with Crippen molar-refractivity contribution in [3.05, 3.63) is 81.4 Å². The van der Waals surface area contributed by atoms with E-state index in [4.69, 9.17) is 0 Å². The van der Waals surface area contributed by atoms with Crippen molar-refractivity contribution in [3.63, 3.8) is 0 Å². The highest BCUT2D eigenvalue weighted by atomic mass is 32.2. The molecule has 1 amide bonds. The number of nitrogens with zero attached hydrogens (tertiary/aromatic N) is 6. The van der Waals surface area contributed by atoms with Crippen LogP contribution in [0.15, 0.2) is 69.9 Å². The zero-order chi connectivity index (χ0) is 22.8. The van der Waals surface area contributed by atoms with Gasteiger partial charge in [0.15, 0.2) is 10.8 Å². The fraction of sp³-hybridized carbons (Fsp3) is 0.273. The standard InChI is InChI=1S/C22H21N7O3S/c30-18(10-16-13-33-22-24-7-6-19(31)29(16)22)23-8-9-28-20-17(11-26-28)21(32)27(14-25-20)12-15-4-2-1-3-5-15/h1-7,11,14,16H,8-10,12-13H2,(H,23,30). The quantitative estimate of drug-likeness (QED) is 0.407. The number of hydrogen-bond acceptors (Lipinski definition) is 7. The van der Waals surface area contributed by atoms with E-state index in [1.807, 2.05) is 30.3 Å². The highest BCUT2D eigenvalue weighted by molar-refractivity contribution is 7.99. The molecule has 33 heavy (non-hydrogen) atoms. The third-order valence-electron chi connectivity index (χ3n) is 5.50. The molecule has 1 atom stereocenters. The van der Waals surface area contributed by atoms with E-state index < -0.39 is 0 Å². The van der Waals surface area contributed by atoms with E-state index in [2.05, 4.69) is 20.4 Å². The second-order valence-corrected chi connectivity index (χ2v) is 8.71. The molecule has 11 heteroatoms. The van der Waals surface area contributed by atoms with E-state index in [9.17, 15) is 14.4 Å². The second kappa shape index (κ2) is 9.02. The summed E-state index contributed by atoms with van der Waals surface area (Å²) in [5, 5.41) is 8.23. The molecule has 10 nitrogen and oxygen atoms in total. The molecule has 5 rings (SSSR count). The van der Waals surface area contributed by atoms with Crippen molar-refractivity contribution < 1.29 is 4.79 Å². The first-order chi connectivity index (χ1) is 16.1. The molecule has 0 saturated carbocycles. The lowest BCUT2D eigenvalue weighted by atomic mass is 10.2. The van der Waals surface area contributed by atoms with Crippen LogP contribution >= 0.6 is 11.8 Å². The molecule has 0 aliphatic carbocycles. The lowest BCUT2D eigenvalue weighted by molar-refractivity contribution is -0.121. The molecule has 168 valence electrons. The van der Waals surface area contributed by atoms with E-state index in [0.717, 1.165) is 5.56 Å². The van der Waals surface area contributed by atoms with Crippen LogP contribution in [0.25, 0.3) is 11.0 Å². The lowest BCUT2D eigenvalue weighted by Gasteiger charge is -2.13. The van der Waals surface area contributed by atoms with Crippen LogP contribution in [0.1, 0.15) is 18.0 Å². The maximum atomic E-state index is 12.8. The monoisotopic (exact) mass is 463 g/mol. The van der Waals surface area contributed by atoms with Crippen molar-refractivity contribution in [2.24, 2.45) is 0 Å². The van der Waals surface area contributed by atoms with Gasteiger partial charge in [0.2, 0.25) is 5.91 Å². The molecule has 1 aliphatic rings. The van der Waals surface area contributed by atoms with Gasteiger partial charge in [0.05, 0.1) is 25.3 Å². The molecular weight excluding hydrogens is 442 g/mol. The minimum Gasteiger partial charge on any atom is -0.354 e. The molecule has 3 aromatic heterocycles. The molecule has 1 aromatic carbocycles. The van der Waals surface area contributed by atoms with Crippen LogP contribution in [-0.2, 0) is 17.9 Å².